The molecule has 2 aromatic carbocycles. The highest BCUT2D eigenvalue weighted by Crippen LogP contribution is 2.33. The Balaban J connectivity index is 2.25. The second-order valence-corrected chi connectivity index (χ2v) is 4.95. The molecule has 0 saturated heterocycles. The number of benzene rings is 2. The van der Waals surface area contributed by atoms with Gasteiger partial charge in [-0.25, -0.2) is 13.8 Å². The van der Waals surface area contributed by atoms with Gasteiger partial charge in [-0.3, -0.25) is 0 Å². The number of halogens is 4. The lowest BCUT2D eigenvalue weighted by molar-refractivity contribution is 0.574. The minimum absolute atomic E-state index is 0.0478. The van der Waals surface area contributed by atoms with Crippen LogP contribution in [0.25, 0.3) is 22.6 Å². The Morgan fingerprint density at radius 2 is 1.80 bits per heavy atom. The van der Waals surface area contributed by atoms with Crippen LogP contribution >= 0.6 is 23.2 Å². The predicted molar refractivity (Wildman–Crippen MR) is 73.8 cm³/mol. The van der Waals surface area contributed by atoms with Crippen molar-refractivity contribution in [2.75, 3.05) is 5.73 Å². The second-order valence-electron chi connectivity index (χ2n) is 4.11. The van der Waals surface area contributed by atoms with Crippen molar-refractivity contribution >= 4 is 40.0 Å². The van der Waals surface area contributed by atoms with Crippen molar-refractivity contribution < 1.29 is 13.2 Å². The van der Waals surface area contributed by atoms with Crippen molar-refractivity contribution in [1.29, 1.82) is 0 Å². The summed E-state index contributed by atoms with van der Waals surface area (Å²) < 4.78 is 32.3. The number of anilines is 1. The zero-order chi connectivity index (χ0) is 14.4. The minimum atomic E-state index is -0.844. The van der Waals surface area contributed by atoms with Gasteiger partial charge in [-0.2, -0.15) is 0 Å². The van der Waals surface area contributed by atoms with Crippen molar-refractivity contribution in [3.05, 3.63) is 45.9 Å². The smallest absolute Gasteiger partial charge is 0.230 e. The highest BCUT2D eigenvalue weighted by molar-refractivity contribution is 6.38. The van der Waals surface area contributed by atoms with Crippen LogP contribution in [0.15, 0.2) is 28.7 Å². The molecule has 0 bridgehead atoms. The van der Waals surface area contributed by atoms with E-state index in [0.29, 0.717) is 16.6 Å². The third-order valence-electron chi connectivity index (χ3n) is 2.73. The molecule has 0 atom stereocenters. The van der Waals surface area contributed by atoms with Crippen LogP contribution in [0, 0.1) is 11.6 Å². The molecule has 1 heterocycles. The van der Waals surface area contributed by atoms with Crippen LogP contribution in [0.4, 0.5) is 14.5 Å². The summed E-state index contributed by atoms with van der Waals surface area (Å²) in [6.45, 7) is 0. The van der Waals surface area contributed by atoms with E-state index in [2.05, 4.69) is 4.98 Å². The molecule has 2 N–H and O–H groups in total. The Bertz CT molecular complexity index is 833. The first kappa shape index (κ1) is 13.1. The lowest BCUT2D eigenvalue weighted by atomic mass is 10.2. The van der Waals surface area contributed by atoms with Gasteiger partial charge in [0.25, 0.3) is 0 Å². The molecule has 1 aromatic heterocycles. The summed E-state index contributed by atoms with van der Waals surface area (Å²) in [6, 6.07) is 4.80. The largest absolute Gasteiger partial charge is 0.434 e. The molecule has 0 aliphatic rings. The summed E-state index contributed by atoms with van der Waals surface area (Å²) >= 11 is 11.8. The molecule has 0 saturated carbocycles. The first-order chi connectivity index (χ1) is 9.45. The van der Waals surface area contributed by atoms with Gasteiger partial charge in [-0.05, 0) is 18.2 Å². The topological polar surface area (TPSA) is 52.0 Å². The second kappa shape index (κ2) is 4.61. The van der Waals surface area contributed by atoms with E-state index in [9.17, 15) is 8.78 Å². The number of rotatable bonds is 1. The average molecular weight is 315 g/mol. The fourth-order valence-electron chi connectivity index (χ4n) is 1.80. The SMILES string of the molecule is Nc1cc(-c2nc3cc(Cl)cc(Cl)c3o2)c(F)cc1F. The zero-order valence-corrected chi connectivity index (χ0v) is 11.3. The molecule has 0 aliphatic heterocycles. The predicted octanol–water partition coefficient (Wildman–Crippen LogP) is 4.66. The van der Waals surface area contributed by atoms with E-state index >= 15 is 0 Å². The van der Waals surface area contributed by atoms with Crippen LogP contribution in [0.5, 0.6) is 0 Å². The molecule has 0 radical (unpaired) electrons. The molecule has 102 valence electrons. The molecule has 3 rings (SSSR count). The summed E-state index contributed by atoms with van der Waals surface area (Å²) in [7, 11) is 0. The Hall–Kier alpha value is -1.85. The number of fused-ring (bicyclic) bond motifs is 1. The number of nitrogens with two attached hydrogens (primary N) is 1. The van der Waals surface area contributed by atoms with Crippen molar-refractivity contribution in [2.24, 2.45) is 0 Å². The molecular weight excluding hydrogens is 309 g/mol. The molecule has 0 spiro atoms. The third kappa shape index (κ3) is 2.09. The molecule has 0 amide bonds. The van der Waals surface area contributed by atoms with Crippen molar-refractivity contribution in [3.8, 4) is 11.5 Å². The number of aromatic nitrogens is 1. The van der Waals surface area contributed by atoms with Gasteiger partial charge in [-0.15, -0.1) is 0 Å². The number of nitrogens with zero attached hydrogens (tertiary/aromatic N) is 1. The Kier molecular flexibility index (Phi) is 3.03. The fourth-order valence-corrected chi connectivity index (χ4v) is 2.33. The third-order valence-corrected chi connectivity index (χ3v) is 3.23. The van der Waals surface area contributed by atoms with Crippen molar-refractivity contribution in [3.63, 3.8) is 0 Å². The highest BCUT2D eigenvalue weighted by Gasteiger charge is 2.17. The number of oxazole rings is 1. The summed E-state index contributed by atoms with van der Waals surface area (Å²) in [5.74, 6) is -1.72. The maximum atomic E-state index is 13.8. The van der Waals surface area contributed by atoms with E-state index < -0.39 is 11.6 Å². The lowest BCUT2D eigenvalue weighted by Gasteiger charge is -2.01. The van der Waals surface area contributed by atoms with Crippen LogP contribution in [-0.2, 0) is 0 Å². The van der Waals surface area contributed by atoms with Crippen LogP contribution in [-0.4, -0.2) is 4.98 Å². The average Bonchev–Trinajstić information content (AvgIpc) is 2.77. The Morgan fingerprint density at radius 1 is 1.05 bits per heavy atom. The van der Waals surface area contributed by atoms with Crippen molar-refractivity contribution in [2.45, 2.75) is 0 Å². The first-order valence-corrected chi connectivity index (χ1v) is 6.22. The Labute approximate surface area is 121 Å². The van der Waals surface area contributed by atoms with E-state index in [1.807, 2.05) is 0 Å². The molecule has 0 fully saturated rings. The minimum Gasteiger partial charge on any atom is -0.434 e. The molecule has 0 aliphatic carbocycles. The summed E-state index contributed by atoms with van der Waals surface area (Å²) in [5, 5.41) is 0.628. The van der Waals surface area contributed by atoms with E-state index in [4.69, 9.17) is 33.4 Å². The van der Waals surface area contributed by atoms with Gasteiger partial charge in [0.05, 0.1) is 16.3 Å². The zero-order valence-electron chi connectivity index (χ0n) is 9.75. The molecule has 3 nitrogen and oxygen atoms in total. The van der Waals surface area contributed by atoms with Crippen LogP contribution in [0.2, 0.25) is 10.0 Å². The fraction of sp³-hybridized carbons (Fsp3) is 0. The van der Waals surface area contributed by atoms with Crippen LogP contribution in [0.3, 0.4) is 0 Å². The number of hydrogen-bond acceptors (Lipinski definition) is 3. The van der Waals surface area contributed by atoms with E-state index in [-0.39, 0.29) is 27.7 Å². The molecular formula is C13H6Cl2F2N2O. The highest BCUT2D eigenvalue weighted by atomic mass is 35.5. The van der Waals surface area contributed by atoms with Gasteiger partial charge < -0.3 is 10.2 Å². The lowest BCUT2D eigenvalue weighted by Crippen LogP contribution is -1.94. The van der Waals surface area contributed by atoms with Crippen molar-refractivity contribution in [1.82, 2.24) is 4.98 Å². The summed E-state index contributed by atoms with van der Waals surface area (Å²) in [6.07, 6.45) is 0. The van der Waals surface area contributed by atoms with Gasteiger partial charge in [0.15, 0.2) is 5.58 Å². The van der Waals surface area contributed by atoms with Crippen LogP contribution < -0.4 is 5.73 Å². The van der Waals surface area contributed by atoms with Gasteiger partial charge in [0, 0.05) is 11.1 Å². The molecule has 0 unspecified atom stereocenters. The quantitative estimate of drug-likeness (QED) is 0.664. The summed E-state index contributed by atoms with van der Waals surface area (Å²) in [4.78, 5) is 4.08. The van der Waals surface area contributed by atoms with Crippen LogP contribution in [0.1, 0.15) is 0 Å². The normalized spacial score (nSPS) is 11.2. The standard InChI is InChI=1S/C13H6Cl2F2N2O/c14-5-1-7(15)12-11(2-5)19-13(20-12)6-3-10(18)9(17)4-8(6)16/h1-4H,18H2. The molecule has 3 aromatic rings. The van der Waals surface area contributed by atoms with E-state index in [1.54, 1.807) is 0 Å². The number of nitrogen functional groups attached to an aromatic ring is 1. The maximum absolute atomic E-state index is 13.8. The van der Waals surface area contributed by atoms with Gasteiger partial charge in [0.2, 0.25) is 5.89 Å². The van der Waals surface area contributed by atoms with E-state index in [0.717, 1.165) is 6.07 Å². The van der Waals surface area contributed by atoms with Gasteiger partial charge >= 0.3 is 0 Å². The summed E-state index contributed by atoms with van der Waals surface area (Å²) in [5.41, 5.74) is 5.81. The first-order valence-electron chi connectivity index (χ1n) is 5.46. The van der Waals surface area contributed by atoms with Gasteiger partial charge in [0.1, 0.15) is 17.2 Å². The monoisotopic (exact) mass is 314 g/mol. The van der Waals surface area contributed by atoms with Gasteiger partial charge in [-0.1, -0.05) is 23.2 Å². The number of hydrogen-bond donors (Lipinski definition) is 1. The molecule has 20 heavy (non-hydrogen) atoms. The Morgan fingerprint density at radius 3 is 2.55 bits per heavy atom. The maximum Gasteiger partial charge on any atom is 0.230 e. The van der Waals surface area contributed by atoms with E-state index in [1.165, 1.54) is 12.1 Å². The molecule has 7 heteroatoms.